The molecule has 1 fully saturated rings. The Morgan fingerprint density at radius 1 is 1.30 bits per heavy atom. The lowest BCUT2D eigenvalue weighted by atomic mass is 10.1. The number of piperazine rings is 1. The van der Waals surface area contributed by atoms with Gasteiger partial charge in [0.05, 0.1) is 5.69 Å². The van der Waals surface area contributed by atoms with E-state index in [1.807, 2.05) is 25.8 Å². The number of hydrogen-bond acceptors (Lipinski definition) is 5. The van der Waals surface area contributed by atoms with Crippen molar-refractivity contribution in [2.24, 2.45) is 0 Å². The van der Waals surface area contributed by atoms with Crippen molar-refractivity contribution >= 4 is 11.8 Å². The summed E-state index contributed by atoms with van der Waals surface area (Å²) in [5.74, 6) is 0.889. The number of rotatable bonds is 4. The van der Waals surface area contributed by atoms with Gasteiger partial charge in [-0.05, 0) is 27.3 Å². The van der Waals surface area contributed by atoms with E-state index in [9.17, 15) is 9.59 Å². The molecule has 7 heteroatoms. The van der Waals surface area contributed by atoms with Crippen LogP contribution in [0.15, 0.2) is 4.52 Å². The van der Waals surface area contributed by atoms with Gasteiger partial charge in [0, 0.05) is 45.7 Å². The summed E-state index contributed by atoms with van der Waals surface area (Å²) in [6.45, 7) is 5.57. The summed E-state index contributed by atoms with van der Waals surface area (Å²) in [7, 11) is 5.42. The van der Waals surface area contributed by atoms with Crippen molar-refractivity contribution in [2.75, 3.05) is 40.8 Å². The zero-order valence-electron chi connectivity index (χ0n) is 14.6. The van der Waals surface area contributed by atoms with Crippen LogP contribution in [-0.2, 0) is 16.0 Å². The highest BCUT2D eigenvalue weighted by Crippen LogP contribution is 2.16. The van der Waals surface area contributed by atoms with Crippen LogP contribution in [-0.4, -0.2) is 78.5 Å². The molecule has 1 aromatic rings. The number of likely N-dealkylation sites (N-methyl/N-ethyl adjacent to an activating group) is 2. The number of carbonyl (C=O) groups is 2. The van der Waals surface area contributed by atoms with Gasteiger partial charge in [-0.3, -0.25) is 14.5 Å². The molecule has 7 nitrogen and oxygen atoms in total. The number of amides is 2. The Labute approximate surface area is 137 Å². The summed E-state index contributed by atoms with van der Waals surface area (Å²) in [6.07, 6.45) is 1.04. The predicted octanol–water partition coefficient (Wildman–Crippen LogP) is 0.455. The first-order valence-electron chi connectivity index (χ1n) is 7.92. The van der Waals surface area contributed by atoms with Gasteiger partial charge >= 0.3 is 0 Å². The maximum atomic E-state index is 12.5. The SMILES string of the molecule is Cc1noc(C)c1CCC(=O)N1CCN(C)[C@H](C(=O)N(C)C)C1. The molecule has 1 aromatic heterocycles. The van der Waals surface area contributed by atoms with Crippen molar-refractivity contribution in [1.29, 1.82) is 0 Å². The van der Waals surface area contributed by atoms with Gasteiger partial charge in [0.2, 0.25) is 11.8 Å². The lowest BCUT2D eigenvalue weighted by Crippen LogP contribution is -2.58. The topological polar surface area (TPSA) is 69.9 Å². The van der Waals surface area contributed by atoms with Crippen molar-refractivity contribution in [1.82, 2.24) is 19.9 Å². The standard InChI is InChI=1S/C16H26N4O3/c1-11-13(12(2)23-17-11)6-7-15(21)20-9-8-19(5)14(10-20)16(22)18(3)4/h14H,6-10H2,1-5H3/t14-/m0/s1. The van der Waals surface area contributed by atoms with Gasteiger partial charge in [0.15, 0.2) is 0 Å². The molecule has 0 aromatic carbocycles. The average molecular weight is 322 g/mol. The molecule has 0 saturated carbocycles. The summed E-state index contributed by atoms with van der Waals surface area (Å²) in [5.41, 5.74) is 1.85. The van der Waals surface area contributed by atoms with E-state index in [2.05, 4.69) is 5.16 Å². The first kappa shape index (κ1) is 17.5. The van der Waals surface area contributed by atoms with Gasteiger partial charge in [0.25, 0.3) is 0 Å². The molecule has 0 aliphatic carbocycles. The van der Waals surface area contributed by atoms with E-state index in [0.29, 0.717) is 32.5 Å². The van der Waals surface area contributed by atoms with Crippen LogP contribution in [0, 0.1) is 13.8 Å². The Morgan fingerprint density at radius 2 is 2.00 bits per heavy atom. The largest absolute Gasteiger partial charge is 0.361 e. The molecule has 0 spiro atoms. The molecular formula is C16H26N4O3. The highest BCUT2D eigenvalue weighted by atomic mass is 16.5. The minimum atomic E-state index is -0.262. The Hall–Kier alpha value is -1.89. The van der Waals surface area contributed by atoms with Crippen molar-refractivity contribution in [2.45, 2.75) is 32.7 Å². The number of carbonyl (C=O) groups excluding carboxylic acids is 2. The summed E-state index contributed by atoms with van der Waals surface area (Å²) >= 11 is 0. The highest BCUT2D eigenvalue weighted by Gasteiger charge is 2.32. The molecule has 128 valence electrons. The van der Waals surface area contributed by atoms with Crippen LogP contribution in [0.4, 0.5) is 0 Å². The van der Waals surface area contributed by atoms with Gasteiger partial charge in [-0.15, -0.1) is 0 Å². The molecule has 2 heterocycles. The van der Waals surface area contributed by atoms with Crippen LogP contribution >= 0.6 is 0 Å². The molecule has 2 amide bonds. The number of aryl methyl sites for hydroxylation is 2. The third-order valence-corrected chi connectivity index (χ3v) is 4.50. The summed E-state index contributed by atoms with van der Waals surface area (Å²) in [4.78, 5) is 30.1. The minimum Gasteiger partial charge on any atom is -0.361 e. The second kappa shape index (κ2) is 7.12. The molecule has 1 aliphatic rings. The Bertz CT molecular complexity index is 562. The maximum Gasteiger partial charge on any atom is 0.241 e. The fourth-order valence-electron chi connectivity index (χ4n) is 2.91. The summed E-state index contributed by atoms with van der Waals surface area (Å²) in [6, 6.07) is -0.262. The smallest absolute Gasteiger partial charge is 0.241 e. The Kier molecular flexibility index (Phi) is 5.41. The van der Waals surface area contributed by atoms with Crippen LogP contribution in [0.2, 0.25) is 0 Å². The van der Waals surface area contributed by atoms with Crippen molar-refractivity contribution in [3.63, 3.8) is 0 Å². The molecule has 23 heavy (non-hydrogen) atoms. The van der Waals surface area contributed by atoms with Gasteiger partial charge in [-0.2, -0.15) is 0 Å². The fourth-order valence-corrected chi connectivity index (χ4v) is 2.91. The first-order valence-corrected chi connectivity index (χ1v) is 7.92. The minimum absolute atomic E-state index is 0.0377. The van der Waals surface area contributed by atoms with Crippen molar-refractivity contribution < 1.29 is 14.1 Å². The molecule has 0 bridgehead atoms. The average Bonchev–Trinajstić information content (AvgIpc) is 2.83. The number of hydrogen-bond donors (Lipinski definition) is 0. The molecule has 1 aliphatic heterocycles. The van der Waals surface area contributed by atoms with Crippen molar-refractivity contribution in [3.05, 3.63) is 17.0 Å². The molecular weight excluding hydrogens is 296 g/mol. The molecule has 0 radical (unpaired) electrons. The van der Waals surface area contributed by atoms with E-state index in [-0.39, 0.29) is 17.9 Å². The zero-order chi connectivity index (χ0) is 17.1. The normalized spacial score (nSPS) is 19.0. The molecule has 2 rings (SSSR count). The molecule has 1 atom stereocenters. The Balaban J connectivity index is 1.96. The van der Waals surface area contributed by atoms with Crippen LogP contribution in [0.1, 0.15) is 23.4 Å². The third-order valence-electron chi connectivity index (χ3n) is 4.50. The fraction of sp³-hybridized carbons (Fsp3) is 0.688. The second-order valence-electron chi connectivity index (χ2n) is 6.37. The monoisotopic (exact) mass is 322 g/mol. The lowest BCUT2D eigenvalue weighted by molar-refractivity contribution is -0.141. The van der Waals surface area contributed by atoms with Crippen LogP contribution < -0.4 is 0 Å². The van der Waals surface area contributed by atoms with Crippen LogP contribution in [0.5, 0.6) is 0 Å². The maximum absolute atomic E-state index is 12.5. The summed E-state index contributed by atoms with van der Waals surface area (Å²) in [5, 5.41) is 3.91. The zero-order valence-corrected chi connectivity index (χ0v) is 14.6. The first-order chi connectivity index (χ1) is 10.8. The van der Waals surface area contributed by atoms with Crippen LogP contribution in [0.25, 0.3) is 0 Å². The van der Waals surface area contributed by atoms with E-state index in [0.717, 1.165) is 17.0 Å². The van der Waals surface area contributed by atoms with Gasteiger partial charge < -0.3 is 14.3 Å². The van der Waals surface area contributed by atoms with Gasteiger partial charge in [0.1, 0.15) is 11.8 Å². The molecule has 0 unspecified atom stereocenters. The van der Waals surface area contributed by atoms with E-state index < -0.39 is 0 Å². The van der Waals surface area contributed by atoms with Crippen molar-refractivity contribution in [3.8, 4) is 0 Å². The third kappa shape index (κ3) is 3.90. The predicted molar refractivity (Wildman–Crippen MR) is 86.0 cm³/mol. The van der Waals surface area contributed by atoms with E-state index in [1.54, 1.807) is 23.9 Å². The highest BCUT2D eigenvalue weighted by molar-refractivity contribution is 5.83. The Morgan fingerprint density at radius 3 is 2.57 bits per heavy atom. The number of nitrogens with zero attached hydrogens (tertiary/aromatic N) is 4. The van der Waals surface area contributed by atoms with E-state index in [1.165, 1.54) is 0 Å². The second-order valence-corrected chi connectivity index (χ2v) is 6.37. The molecule has 1 saturated heterocycles. The summed E-state index contributed by atoms with van der Waals surface area (Å²) < 4.78 is 5.13. The van der Waals surface area contributed by atoms with Crippen LogP contribution in [0.3, 0.4) is 0 Å². The number of aromatic nitrogens is 1. The van der Waals surface area contributed by atoms with Gasteiger partial charge in [-0.1, -0.05) is 5.16 Å². The van der Waals surface area contributed by atoms with E-state index in [4.69, 9.17) is 4.52 Å². The molecule has 0 N–H and O–H groups in total. The van der Waals surface area contributed by atoms with Gasteiger partial charge in [-0.25, -0.2) is 0 Å². The van der Waals surface area contributed by atoms with E-state index >= 15 is 0 Å². The lowest BCUT2D eigenvalue weighted by Gasteiger charge is -2.39. The quantitative estimate of drug-likeness (QED) is 0.805.